The molecule has 33 heavy (non-hydrogen) atoms. The summed E-state index contributed by atoms with van der Waals surface area (Å²) in [5.74, 6) is -0.565. The Kier molecular flexibility index (Phi) is 7.60. The van der Waals surface area contributed by atoms with E-state index in [2.05, 4.69) is 10.6 Å². The number of aliphatic carboxylic acids is 1. The molecule has 5 nitrogen and oxygen atoms in total. The van der Waals surface area contributed by atoms with Crippen molar-refractivity contribution in [3.63, 3.8) is 0 Å². The predicted molar refractivity (Wildman–Crippen MR) is 122 cm³/mol. The van der Waals surface area contributed by atoms with Gasteiger partial charge < -0.3 is 20.5 Å². The number of carbonyl (C=O) groups is 1. The molecule has 2 fully saturated rings. The zero-order valence-corrected chi connectivity index (χ0v) is 18.9. The van der Waals surface area contributed by atoms with Gasteiger partial charge in [-0.1, -0.05) is 18.2 Å². The number of carboxylic acids is 1. The molecule has 1 saturated heterocycles. The van der Waals surface area contributed by atoms with Gasteiger partial charge in [0.1, 0.15) is 18.0 Å². The van der Waals surface area contributed by atoms with Crippen LogP contribution in [0, 0.1) is 17.6 Å². The Bertz CT molecular complexity index is 976. The van der Waals surface area contributed by atoms with Crippen LogP contribution in [-0.4, -0.2) is 36.8 Å². The molecule has 1 aliphatic carbocycles. The summed E-state index contributed by atoms with van der Waals surface area (Å²) < 4.78 is 34.8. The van der Waals surface area contributed by atoms with E-state index in [-0.39, 0.29) is 23.5 Å². The molecule has 2 aliphatic rings. The minimum atomic E-state index is -0.915. The number of rotatable bonds is 8. The molecule has 1 aliphatic heterocycles. The summed E-state index contributed by atoms with van der Waals surface area (Å²) >= 11 is 0. The van der Waals surface area contributed by atoms with Crippen molar-refractivity contribution in [2.24, 2.45) is 5.92 Å². The van der Waals surface area contributed by atoms with E-state index in [0.29, 0.717) is 36.8 Å². The maximum Gasteiger partial charge on any atom is 0.320 e. The van der Waals surface area contributed by atoms with E-state index in [1.54, 1.807) is 24.3 Å². The SMILES string of the molecule is CNCc1ccc(F)cc1[C@H]1CC[C@H](Cc2cccc(O[C@@H]3CN[C@H](C(=O)O)C3)c2F)CC1. The number of hydrogen-bond acceptors (Lipinski definition) is 4. The highest BCUT2D eigenvalue weighted by atomic mass is 19.1. The van der Waals surface area contributed by atoms with Crippen molar-refractivity contribution in [1.82, 2.24) is 10.6 Å². The van der Waals surface area contributed by atoms with Crippen LogP contribution in [0.1, 0.15) is 54.7 Å². The Morgan fingerprint density at radius 2 is 1.94 bits per heavy atom. The normalized spacial score (nSPS) is 25.2. The fraction of sp³-hybridized carbons (Fsp3) is 0.500. The van der Waals surface area contributed by atoms with Crippen molar-refractivity contribution in [3.05, 3.63) is 64.7 Å². The number of hydrogen-bond donors (Lipinski definition) is 3. The monoisotopic (exact) mass is 458 g/mol. The van der Waals surface area contributed by atoms with Crippen LogP contribution >= 0.6 is 0 Å². The standard InChI is InChI=1S/C26H32F2N2O3/c1-29-14-19-9-10-20(27)12-22(19)17-7-5-16(6-8-17)11-18-3-2-4-24(25(18)28)33-21-13-23(26(31)32)30-15-21/h2-4,9-10,12,16-17,21,23,29-30H,5-8,11,13-15H2,1H3,(H,31,32)/t16-,17-,21-,23-/m0/s1. The van der Waals surface area contributed by atoms with Crippen molar-refractivity contribution in [2.45, 2.75) is 63.1 Å². The van der Waals surface area contributed by atoms with E-state index >= 15 is 4.39 Å². The summed E-state index contributed by atoms with van der Waals surface area (Å²) in [5.41, 5.74) is 2.87. The van der Waals surface area contributed by atoms with Crippen LogP contribution in [0.5, 0.6) is 5.75 Å². The first-order chi connectivity index (χ1) is 15.9. The van der Waals surface area contributed by atoms with Crippen molar-refractivity contribution >= 4 is 5.97 Å². The quantitative estimate of drug-likeness (QED) is 0.547. The molecule has 3 N–H and O–H groups in total. The number of carboxylic acid groups (broad SMARTS) is 1. The lowest BCUT2D eigenvalue weighted by atomic mass is 9.75. The summed E-state index contributed by atoms with van der Waals surface area (Å²) in [7, 11) is 1.89. The molecule has 0 unspecified atom stereocenters. The van der Waals surface area contributed by atoms with Crippen LogP contribution in [0.3, 0.4) is 0 Å². The summed E-state index contributed by atoms with van der Waals surface area (Å²) in [6.45, 7) is 1.11. The highest BCUT2D eigenvalue weighted by Gasteiger charge is 2.31. The van der Waals surface area contributed by atoms with E-state index in [4.69, 9.17) is 9.84 Å². The third kappa shape index (κ3) is 5.71. The van der Waals surface area contributed by atoms with E-state index in [1.807, 2.05) is 13.1 Å². The first-order valence-corrected chi connectivity index (χ1v) is 11.8. The zero-order chi connectivity index (χ0) is 23.4. The average molecular weight is 459 g/mol. The number of benzene rings is 2. The molecule has 2 aromatic rings. The number of nitrogens with one attached hydrogen (secondary N) is 2. The highest BCUT2D eigenvalue weighted by molar-refractivity contribution is 5.73. The van der Waals surface area contributed by atoms with Gasteiger partial charge in [-0.2, -0.15) is 0 Å². The largest absolute Gasteiger partial charge is 0.486 e. The fourth-order valence-electron chi connectivity index (χ4n) is 5.25. The smallest absolute Gasteiger partial charge is 0.320 e. The van der Waals surface area contributed by atoms with Crippen LogP contribution < -0.4 is 15.4 Å². The maximum atomic E-state index is 15.2. The van der Waals surface area contributed by atoms with E-state index < -0.39 is 12.0 Å². The van der Waals surface area contributed by atoms with Crippen LogP contribution in [0.25, 0.3) is 0 Å². The molecule has 0 amide bonds. The molecule has 2 aromatic carbocycles. The maximum absolute atomic E-state index is 15.2. The molecule has 178 valence electrons. The van der Waals surface area contributed by atoms with Crippen molar-refractivity contribution < 1.29 is 23.4 Å². The minimum absolute atomic E-state index is 0.190. The summed E-state index contributed by atoms with van der Waals surface area (Å²) in [6.07, 6.45) is 4.47. The van der Waals surface area contributed by atoms with Gasteiger partial charge in [-0.05, 0) is 85.9 Å². The van der Waals surface area contributed by atoms with Crippen molar-refractivity contribution in [2.75, 3.05) is 13.6 Å². The second kappa shape index (κ2) is 10.6. The van der Waals surface area contributed by atoms with E-state index in [0.717, 1.165) is 43.4 Å². The second-order valence-electron chi connectivity index (χ2n) is 9.30. The molecule has 4 rings (SSSR count). The first kappa shape index (κ1) is 23.6. The Hall–Kier alpha value is -2.51. The Balaban J connectivity index is 1.36. The van der Waals surface area contributed by atoms with Crippen molar-refractivity contribution in [1.29, 1.82) is 0 Å². The van der Waals surface area contributed by atoms with Gasteiger partial charge >= 0.3 is 5.97 Å². The van der Waals surface area contributed by atoms with Crippen LogP contribution in [0.4, 0.5) is 8.78 Å². The third-order valence-electron chi connectivity index (χ3n) is 7.00. The lowest BCUT2D eigenvalue weighted by Crippen LogP contribution is -2.30. The molecule has 1 saturated carbocycles. The molecule has 0 radical (unpaired) electrons. The van der Waals surface area contributed by atoms with Crippen LogP contribution in [0.15, 0.2) is 36.4 Å². The van der Waals surface area contributed by atoms with Gasteiger partial charge in [-0.25, -0.2) is 8.78 Å². The molecule has 0 bridgehead atoms. The van der Waals surface area contributed by atoms with Crippen molar-refractivity contribution in [3.8, 4) is 5.75 Å². The molecule has 0 aromatic heterocycles. The third-order valence-corrected chi connectivity index (χ3v) is 7.00. The molecule has 1 heterocycles. The van der Waals surface area contributed by atoms with E-state index in [9.17, 15) is 9.18 Å². The lowest BCUT2D eigenvalue weighted by molar-refractivity contribution is -0.139. The predicted octanol–water partition coefficient (Wildman–Crippen LogP) is 4.39. The Morgan fingerprint density at radius 1 is 1.15 bits per heavy atom. The molecule has 2 atom stereocenters. The van der Waals surface area contributed by atoms with Gasteiger partial charge in [-0.3, -0.25) is 4.79 Å². The Morgan fingerprint density at radius 3 is 2.64 bits per heavy atom. The summed E-state index contributed by atoms with van der Waals surface area (Å²) in [6, 6.07) is 9.62. The zero-order valence-electron chi connectivity index (χ0n) is 18.9. The average Bonchev–Trinajstić information content (AvgIpc) is 3.27. The number of halogens is 2. The Labute approximate surface area is 193 Å². The van der Waals surface area contributed by atoms with Crippen LogP contribution in [0.2, 0.25) is 0 Å². The van der Waals surface area contributed by atoms with Crippen LogP contribution in [-0.2, 0) is 17.8 Å². The van der Waals surface area contributed by atoms with Gasteiger partial charge in [0.25, 0.3) is 0 Å². The molecule has 7 heteroatoms. The van der Waals surface area contributed by atoms with Gasteiger partial charge in [0.05, 0.1) is 0 Å². The second-order valence-corrected chi connectivity index (χ2v) is 9.30. The van der Waals surface area contributed by atoms with Gasteiger partial charge in [-0.15, -0.1) is 0 Å². The summed E-state index contributed by atoms with van der Waals surface area (Å²) in [5, 5.41) is 15.2. The van der Waals surface area contributed by atoms with Gasteiger partial charge in [0.2, 0.25) is 0 Å². The van der Waals surface area contributed by atoms with Gasteiger partial charge in [0.15, 0.2) is 11.6 Å². The van der Waals surface area contributed by atoms with E-state index in [1.165, 1.54) is 6.07 Å². The highest BCUT2D eigenvalue weighted by Crippen LogP contribution is 2.39. The topological polar surface area (TPSA) is 70.6 Å². The molecular weight excluding hydrogens is 426 g/mol. The fourth-order valence-corrected chi connectivity index (χ4v) is 5.25. The lowest BCUT2D eigenvalue weighted by Gasteiger charge is -2.30. The first-order valence-electron chi connectivity index (χ1n) is 11.8. The minimum Gasteiger partial charge on any atom is -0.486 e. The molecule has 0 spiro atoms. The summed E-state index contributed by atoms with van der Waals surface area (Å²) in [4.78, 5) is 11.1. The van der Waals surface area contributed by atoms with Gasteiger partial charge in [0, 0.05) is 19.5 Å². The number of ether oxygens (including phenoxy) is 1. The molecular formula is C26H32F2N2O3.